The highest BCUT2D eigenvalue weighted by Gasteiger charge is 2.27. The number of rotatable bonds is 5. The van der Waals surface area contributed by atoms with Crippen LogP contribution in [-0.2, 0) is 9.59 Å². The molecule has 1 aromatic rings. The van der Waals surface area contributed by atoms with Gasteiger partial charge in [-0.1, -0.05) is 0 Å². The van der Waals surface area contributed by atoms with Crippen LogP contribution in [-0.4, -0.2) is 45.7 Å². The number of carbonyl (C=O) groups is 2. The Kier molecular flexibility index (Phi) is 4.79. The predicted octanol–water partition coefficient (Wildman–Crippen LogP) is 1.50. The molecule has 5 nitrogen and oxygen atoms in total. The number of aliphatic carboxylic acids is 1. The number of hydrogen-bond donors (Lipinski definition) is 1. The summed E-state index contributed by atoms with van der Waals surface area (Å²) in [5, 5.41) is 8.74. The minimum absolute atomic E-state index is 0.0784. The Hall–Kier alpha value is -1.56. The number of likely N-dealkylation sites (tertiary alicyclic amines) is 1. The molecule has 1 atom stereocenters. The summed E-state index contributed by atoms with van der Waals surface area (Å²) in [6.07, 6.45) is 4.34. The molecular weight excluding hydrogens is 264 g/mol. The summed E-state index contributed by atoms with van der Waals surface area (Å²) < 4.78 is 0. The molecule has 0 spiro atoms. The fourth-order valence-electron chi connectivity index (χ4n) is 2.14. The SMILES string of the molecule is O=C(O)CC1CCN(C(=O)CSc2ccncc2)C1. The molecule has 6 heteroatoms. The lowest BCUT2D eigenvalue weighted by atomic mass is 10.1. The van der Waals surface area contributed by atoms with Crippen molar-refractivity contribution in [3.05, 3.63) is 24.5 Å². The summed E-state index contributed by atoms with van der Waals surface area (Å²) in [6.45, 7) is 1.25. The van der Waals surface area contributed by atoms with E-state index in [0.29, 0.717) is 18.8 Å². The van der Waals surface area contributed by atoms with Crippen LogP contribution in [0.3, 0.4) is 0 Å². The summed E-state index contributed by atoms with van der Waals surface area (Å²) in [6, 6.07) is 3.74. The topological polar surface area (TPSA) is 70.5 Å². The smallest absolute Gasteiger partial charge is 0.303 e. The molecule has 1 unspecified atom stereocenters. The van der Waals surface area contributed by atoms with Crippen molar-refractivity contribution in [2.75, 3.05) is 18.8 Å². The maximum absolute atomic E-state index is 12.0. The van der Waals surface area contributed by atoms with Crippen molar-refractivity contribution in [1.29, 1.82) is 0 Å². The molecule has 19 heavy (non-hydrogen) atoms. The third kappa shape index (κ3) is 4.24. The molecule has 1 amide bonds. The molecule has 2 heterocycles. The van der Waals surface area contributed by atoms with E-state index in [-0.39, 0.29) is 18.2 Å². The lowest BCUT2D eigenvalue weighted by Crippen LogP contribution is -2.30. The van der Waals surface area contributed by atoms with Crippen molar-refractivity contribution in [2.24, 2.45) is 5.92 Å². The van der Waals surface area contributed by atoms with Crippen molar-refractivity contribution in [3.63, 3.8) is 0 Å². The highest BCUT2D eigenvalue weighted by atomic mass is 32.2. The molecule has 102 valence electrons. The van der Waals surface area contributed by atoms with E-state index in [4.69, 9.17) is 5.11 Å². The zero-order valence-corrected chi connectivity index (χ0v) is 11.3. The number of aromatic nitrogens is 1. The number of carboxylic acid groups (broad SMARTS) is 1. The number of pyridine rings is 1. The van der Waals surface area contributed by atoms with Gasteiger partial charge in [0.25, 0.3) is 0 Å². The molecule has 0 radical (unpaired) electrons. The Morgan fingerprint density at radius 3 is 2.84 bits per heavy atom. The second-order valence-corrected chi connectivity index (χ2v) is 5.61. The van der Waals surface area contributed by atoms with Gasteiger partial charge in [0.15, 0.2) is 0 Å². The number of carbonyl (C=O) groups excluding carboxylic acids is 1. The number of amides is 1. The highest BCUT2D eigenvalue weighted by Crippen LogP contribution is 2.22. The largest absolute Gasteiger partial charge is 0.481 e. The van der Waals surface area contributed by atoms with Gasteiger partial charge in [0.05, 0.1) is 5.75 Å². The number of hydrogen-bond acceptors (Lipinski definition) is 4. The number of thioether (sulfide) groups is 1. The highest BCUT2D eigenvalue weighted by molar-refractivity contribution is 8.00. The van der Waals surface area contributed by atoms with E-state index in [2.05, 4.69) is 4.98 Å². The van der Waals surface area contributed by atoms with Crippen LogP contribution >= 0.6 is 11.8 Å². The summed E-state index contributed by atoms with van der Waals surface area (Å²) in [4.78, 5) is 29.3. The molecule has 0 saturated carbocycles. The predicted molar refractivity (Wildman–Crippen MR) is 71.9 cm³/mol. The second kappa shape index (κ2) is 6.56. The zero-order chi connectivity index (χ0) is 13.7. The van der Waals surface area contributed by atoms with Gasteiger partial charge < -0.3 is 10.0 Å². The average molecular weight is 280 g/mol. The van der Waals surface area contributed by atoms with Crippen LogP contribution < -0.4 is 0 Å². The Morgan fingerprint density at radius 2 is 2.16 bits per heavy atom. The molecule has 1 N–H and O–H groups in total. The summed E-state index contributed by atoms with van der Waals surface area (Å²) in [5.41, 5.74) is 0. The second-order valence-electron chi connectivity index (χ2n) is 4.56. The van der Waals surface area contributed by atoms with Crippen molar-refractivity contribution >= 4 is 23.6 Å². The van der Waals surface area contributed by atoms with E-state index >= 15 is 0 Å². The van der Waals surface area contributed by atoms with Gasteiger partial charge in [-0.3, -0.25) is 14.6 Å². The Labute approximate surface area is 116 Å². The molecule has 0 aromatic carbocycles. The minimum Gasteiger partial charge on any atom is -0.481 e. The summed E-state index contributed by atoms with van der Waals surface area (Å²) >= 11 is 1.48. The third-order valence-electron chi connectivity index (χ3n) is 3.11. The first-order chi connectivity index (χ1) is 9.15. The first-order valence-electron chi connectivity index (χ1n) is 6.17. The average Bonchev–Trinajstić information content (AvgIpc) is 2.85. The van der Waals surface area contributed by atoms with Gasteiger partial charge in [0, 0.05) is 36.8 Å². The maximum atomic E-state index is 12.0. The molecule has 1 aromatic heterocycles. The zero-order valence-electron chi connectivity index (χ0n) is 10.5. The van der Waals surface area contributed by atoms with E-state index in [1.54, 1.807) is 17.3 Å². The maximum Gasteiger partial charge on any atom is 0.303 e. The van der Waals surface area contributed by atoms with Crippen LogP contribution in [0.15, 0.2) is 29.4 Å². The third-order valence-corrected chi connectivity index (χ3v) is 4.11. The van der Waals surface area contributed by atoms with E-state index in [9.17, 15) is 9.59 Å². The van der Waals surface area contributed by atoms with Crippen LogP contribution in [0.2, 0.25) is 0 Å². The van der Waals surface area contributed by atoms with Crippen LogP contribution in [0.5, 0.6) is 0 Å². The minimum atomic E-state index is -0.787. The van der Waals surface area contributed by atoms with Crippen molar-refractivity contribution < 1.29 is 14.7 Å². The van der Waals surface area contributed by atoms with Gasteiger partial charge >= 0.3 is 5.97 Å². The number of carboxylic acids is 1. The molecule has 1 saturated heterocycles. The van der Waals surface area contributed by atoms with E-state index in [1.165, 1.54) is 11.8 Å². The Balaban J connectivity index is 1.77. The molecule has 0 aliphatic carbocycles. The van der Waals surface area contributed by atoms with E-state index in [1.807, 2.05) is 12.1 Å². The lowest BCUT2D eigenvalue weighted by molar-refractivity contribution is -0.138. The van der Waals surface area contributed by atoms with E-state index in [0.717, 1.165) is 11.3 Å². The van der Waals surface area contributed by atoms with Crippen LogP contribution in [0.4, 0.5) is 0 Å². The summed E-state index contributed by atoms with van der Waals surface area (Å²) in [5.74, 6) is -0.211. The number of nitrogens with zero attached hydrogens (tertiary/aromatic N) is 2. The van der Waals surface area contributed by atoms with Crippen molar-refractivity contribution in [3.8, 4) is 0 Å². The first kappa shape index (κ1) is 13.9. The normalized spacial score (nSPS) is 18.5. The molecular formula is C13H16N2O3S. The summed E-state index contributed by atoms with van der Waals surface area (Å²) in [7, 11) is 0. The van der Waals surface area contributed by atoms with Crippen molar-refractivity contribution in [1.82, 2.24) is 9.88 Å². The van der Waals surface area contributed by atoms with Gasteiger partial charge in [-0.15, -0.1) is 11.8 Å². The van der Waals surface area contributed by atoms with Crippen molar-refractivity contribution in [2.45, 2.75) is 17.7 Å². The van der Waals surface area contributed by atoms with Gasteiger partial charge in [0.2, 0.25) is 5.91 Å². The van der Waals surface area contributed by atoms with Gasteiger partial charge in [-0.2, -0.15) is 0 Å². The Morgan fingerprint density at radius 1 is 1.42 bits per heavy atom. The standard InChI is InChI=1S/C13H16N2O3S/c16-12(9-19-11-1-4-14-5-2-11)15-6-3-10(8-15)7-13(17)18/h1-2,4-5,10H,3,6-9H2,(H,17,18). The monoisotopic (exact) mass is 280 g/mol. The van der Waals surface area contributed by atoms with E-state index < -0.39 is 5.97 Å². The molecule has 1 aliphatic rings. The van der Waals surface area contributed by atoms with Gasteiger partial charge in [-0.25, -0.2) is 0 Å². The van der Waals surface area contributed by atoms with Gasteiger partial charge in [-0.05, 0) is 24.5 Å². The van der Waals surface area contributed by atoms with Crippen LogP contribution in [0, 0.1) is 5.92 Å². The molecule has 2 rings (SSSR count). The fourth-order valence-corrected chi connectivity index (χ4v) is 2.93. The molecule has 1 aliphatic heterocycles. The van der Waals surface area contributed by atoms with Crippen LogP contribution in [0.1, 0.15) is 12.8 Å². The van der Waals surface area contributed by atoms with Gasteiger partial charge in [0.1, 0.15) is 0 Å². The fraction of sp³-hybridized carbons (Fsp3) is 0.462. The molecule has 1 fully saturated rings. The lowest BCUT2D eigenvalue weighted by Gasteiger charge is -2.15. The Bertz CT molecular complexity index is 452. The first-order valence-corrected chi connectivity index (χ1v) is 7.16. The van der Waals surface area contributed by atoms with Crippen LogP contribution in [0.25, 0.3) is 0 Å². The molecule has 0 bridgehead atoms. The quantitative estimate of drug-likeness (QED) is 0.828.